The lowest BCUT2D eigenvalue weighted by molar-refractivity contribution is -0.132. The largest absolute Gasteiger partial charge is 0.339 e. The monoisotopic (exact) mass is 304 g/mol. The number of hydrogen-bond donors (Lipinski definition) is 0. The highest BCUT2D eigenvalue weighted by atomic mass is 16.2. The highest BCUT2D eigenvalue weighted by Crippen LogP contribution is 2.20. The van der Waals surface area contributed by atoms with E-state index in [0.29, 0.717) is 32.6 Å². The molecule has 0 aromatic carbocycles. The molecule has 2 amide bonds. The van der Waals surface area contributed by atoms with Gasteiger partial charge in [0, 0.05) is 39.1 Å². The van der Waals surface area contributed by atoms with Crippen LogP contribution < -0.4 is 0 Å². The maximum atomic E-state index is 12.7. The molecule has 0 unspecified atom stereocenters. The second kappa shape index (κ2) is 6.50. The summed E-state index contributed by atoms with van der Waals surface area (Å²) in [6.07, 6.45) is 6.41. The maximum absolute atomic E-state index is 12.7. The number of aryl methyl sites for hydroxylation is 1. The van der Waals surface area contributed by atoms with Crippen molar-refractivity contribution < 1.29 is 9.59 Å². The Hall–Kier alpha value is -1.85. The first kappa shape index (κ1) is 15.1. The van der Waals surface area contributed by atoms with Crippen molar-refractivity contribution in [1.82, 2.24) is 19.6 Å². The van der Waals surface area contributed by atoms with Crippen LogP contribution in [0.5, 0.6) is 0 Å². The van der Waals surface area contributed by atoms with Crippen LogP contribution in [0.2, 0.25) is 0 Å². The number of hydrogen-bond acceptors (Lipinski definition) is 3. The quantitative estimate of drug-likeness (QED) is 0.846. The zero-order chi connectivity index (χ0) is 15.5. The molecule has 1 fully saturated rings. The number of nitrogens with zero attached hydrogens (tertiary/aromatic N) is 4. The summed E-state index contributed by atoms with van der Waals surface area (Å²) >= 11 is 0. The van der Waals surface area contributed by atoms with Crippen LogP contribution in [-0.2, 0) is 17.8 Å². The van der Waals surface area contributed by atoms with Crippen LogP contribution >= 0.6 is 0 Å². The molecule has 1 aromatic heterocycles. The number of carbonyl (C=O) groups is 2. The average molecular weight is 304 g/mol. The summed E-state index contributed by atoms with van der Waals surface area (Å²) in [5.41, 5.74) is 1.84. The maximum Gasteiger partial charge on any atom is 0.257 e. The third kappa shape index (κ3) is 2.87. The van der Waals surface area contributed by atoms with Gasteiger partial charge < -0.3 is 9.80 Å². The van der Waals surface area contributed by atoms with Crippen molar-refractivity contribution in [2.75, 3.05) is 26.2 Å². The van der Waals surface area contributed by atoms with Crippen molar-refractivity contribution in [2.45, 2.75) is 45.6 Å². The Balaban J connectivity index is 1.63. The highest BCUT2D eigenvalue weighted by Gasteiger charge is 2.27. The predicted molar refractivity (Wildman–Crippen MR) is 82.6 cm³/mol. The highest BCUT2D eigenvalue weighted by molar-refractivity contribution is 5.95. The zero-order valence-electron chi connectivity index (χ0n) is 13.3. The minimum atomic E-state index is 0.0748. The standard InChI is InChI=1S/C16H24N4O2/c1-2-5-15(21)18-8-10-19(11-9-18)16(22)13-12-17-20-7-4-3-6-14(13)20/h12H,2-11H2,1H3. The summed E-state index contributed by atoms with van der Waals surface area (Å²) in [6.45, 7) is 5.47. The third-order valence-corrected chi connectivity index (χ3v) is 4.60. The molecule has 2 aliphatic heterocycles. The summed E-state index contributed by atoms with van der Waals surface area (Å²) in [5.74, 6) is 0.281. The number of carbonyl (C=O) groups excluding carboxylic acids is 2. The molecule has 6 nitrogen and oxygen atoms in total. The minimum absolute atomic E-state index is 0.0748. The zero-order valence-corrected chi connectivity index (χ0v) is 13.3. The van der Waals surface area contributed by atoms with Gasteiger partial charge in [-0.15, -0.1) is 0 Å². The summed E-state index contributed by atoms with van der Waals surface area (Å²) in [4.78, 5) is 28.3. The fourth-order valence-corrected chi connectivity index (χ4v) is 3.30. The van der Waals surface area contributed by atoms with E-state index in [1.54, 1.807) is 6.20 Å². The van der Waals surface area contributed by atoms with Crippen LogP contribution in [0.4, 0.5) is 0 Å². The van der Waals surface area contributed by atoms with Gasteiger partial charge in [0.2, 0.25) is 5.91 Å². The summed E-state index contributed by atoms with van der Waals surface area (Å²) < 4.78 is 1.97. The molecule has 0 bridgehead atoms. The van der Waals surface area contributed by atoms with Crippen LogP contribution in [0.3, 0.4) is 0 Å². The van der Waals surface area contributed by atoms with E-state index in [-0.39, 0.29) is 11.8 Å². The van der Waals surface area contributed by atoms with Gasteiger partial charge in [-0.3, -0.25) is 14.3 Å². The first-order valence-electron chi connectivity index (χ1n) is 8.32. The van der Waals surface area contributed by atoms with Crippen molar-refractivity contribution in [3.05, 3.63) is 17.5 Å². The molecule has 1 saturated heterocycles. The van der Waals surface area contributed by atoms with Gasteiger partial charge in [0.15, 0.2) is 0 Å². The Bertz CT molecular complexity index is 558. The number of aromatic nitrogens is 2. The smallest absolute Gasteiger partial charge is 0.257 e. The summed E-state index contributed by atoms with van der Waals surface area (Å²) in [5, 5.41) is 4.34. The molecule has 0 radical (unpaired) electrons. The van der Waals surface area contributed by atoms with Crippen LogP contribution in [-0.4, -0.2) is 57.6 Å². The normalized spacial score (nSPS) is 18.2. The van der Waals surface area contributed by atoms with E-state index >= 15 is 0 Å². The molecule has 1 aromatic rings. The van der Waals surface area contributed by atoms with Crippen molar-refractivity contribution >= 4 is 11.8 Å². The van der Waals surface area contributed by atoms with E-state index in [4.69, 9.17) is 0 Å². The molecule has 120 valence electrons. The van der Waals surface area contributed by atoms with Crippen molar-refractivity contribution in [3.8, 4) is 0 Å². The van der Waals surface area contributed by atoms with Gasteiger partial charge in [0.05, 0.1) is 17.5 Å². The molecule has 3 rings (SSSR count). The van der Waals surface area contributed by atoms with Gasteiger partial charge in [-0.2, -0.15) is 5.10 Å². The molecule has 3 heterocycles. The minimum Gasteiger partial charge on any atom is -0.339 e. The second-order valence-corrected chi connectivity index (χ2v) is 6.11. The molecule has 22 heavy (non-hydrogen) atoms. The molecule has 6 heteroatoms. The lowest BCUT2D eigenvalue weighted by atomic mass is 10.1. The number of fused-ring (bicyclic) bond motifs is 1. The predicted octanol–water partition coefficient (Wildman–Crippen LogP) is 1.30. The van der Waals surface area contributed by atoms with Crippen LogP contribution in [0.15, 0.2) is 6.20 Å². The Morgan fingerprint density at radius 1 is 1.09 bits per heavy atom. The SMILES string of the molecule is CCCC(=O)N1CCN(C(=O)c2cnn3c2CCCC3)CC1. The third-order valence-electron chi connectivity index (χ3n) is 4.60. The average Bonchev–Trinajstić information content (AvgIpc) is 2.98. The van der Waals surface area contributed by atoms with Crippen molar-refractivity contribution in [2.24, 2.45) is 0 Å². The Morgan fingerprint density at radius 3 is 2.55 bits per heavy atom. The number of piperazine rings is 1. The van der Waals surface area contributed by atoms with E-state index in [1.807, 2.05) is 21.4 Å². The lowest BCUT2D eigenvalue weighted by Crippen LogP contribution is -2.50. The van der Waals surface area contributed by atoms with Crippen LogP contribution in [0.1, 0.15) is 48.7 Å². The van der Waals surface area contributed by atoms with Gasteiger partial charge in [0.1, 0.15) is 0 Å². The fourth-order valence-electron chi connectivity index (χ4n) is 3.30. The first-order chi connectivity index (χ1) is 10.7. The van der Waals surface area contributed by atoms with Gasteiger partial charge in [-0.1, -0.05) is 6.92 Å². The molecular formula is C16H24N4O2. The van der Waals surface area contributed by atoms with E-state index in [9.17, 15) is 9.59 Å². The van der Waals surface area contributed by atoms with Gasteiger partial charge in [-0.25, -0.2) is 0 Å². The van der Waals surface area contributed by atoms with Crippen LogP contribution in [0, 0.1) is 0 Å². The molecular weight excluding hydrogens is 280 g/mol. The number of rotatable bonds is 3. The molecule has 0 aliphatic carbocycles. The van der Waals surface area contributed by atoms with Crippen molar-refractivity contribution in [3.63, 3.8) is 0 Å². The van der Waals surface area contributed by atoms with E-state index < -0.39 is 0 Å². The summed E-state index contributed by atoms with van der Waals surface area (Å²) in [6, 6.07) is 0. The van der Waals surface area contributed by atoms with E-state index in [0.717, 1.165) is 43.5 Å². The molecule has 0 N–H and O–H groups in total. The molecule has 2 aliphatic rings. The van der Waals surface area contributed by atoms with Gasteiger partial charge in [-0.05, 0) is 25.7 Å². The van der Waals surface area contributed by atoms with Crippen LogP contribution in [0.25, 0.3) is 0 Å². The molecule has 0 atom stereocenters. The first-order valence-corrected chi connectivity index (χ1v) is 8.32. The molecule has 0 saturated carbocycles. The lowest BCUT2D eigenvalue weighted by Gasteiger charge is -2.35. The Morgan fingerprint density at radius 2 is 1.82 bits per heavy atom. The summed E-state index contributed by atoms with van der Waals surface area (Å²) in [7, 11) is 0. The van der Waals surface area contributed by atoms with E-state index in [1.165, 1.54) is 0 Å². The Labute approximate surface area is 131 Å². The molecule has 0 spiro atoms. The fraction of sp³-hybridized carbons (Fsp3) is 0.688. The number of amides is 2. The van der Waals surface area contributed by atoms with E-state index in [2.05, 4.69) is 5.10 Å². The van der Waals surface area contributed by atoms with Gasteiger partial charge in [0.25, 0.3) is 5.91 Å². The topological polar surface area (TPSA) is 58.4 Å². The Kier molecular flexibility index (Phi) is 4.45. The van der Waals surface area contributed by atoms with Crippen molar-refractivity contribution in [1.29, 1.82) is 0 Å². The van der Waals surface area contributed by atoms with Gasteiger partial charge >= 0.3 is 0 Å². The second-order valence-electron chi connectivity index (χ2n) is 6.11.